The van der Waals surface area contributed by atoms with Gasteiger partial charge in [0.25, 0.3) is 0 Å². The van der Waals surface area contributed by atoms with Crippen LogP contribution in [0.25, 0.3) is 0 Å². The van der Waals surface area contributed by atoms with Crippen molar-refractivity contribution in [3.05, 3.63) is 34.1 Å². The lowest BCUT2D eigenvalue weighted by Crippen LogP contribution is -2.01. The van der Waals surface area contributed by atoms with E-state index in [0.29, 0.717) is 16.9 Å². The topological polar surface area (TPSA) is 64.7 Å². The van der Waals surface area contributed by atoms with Crippen molar-refractivity contribution >= 4 is 45.3 Å². The van der Waals surface area contributed by atoms with E-state index in [4.69, 9.17) is 5.73 Å². The Morgan fingerprint density at radius 1 is 1.23 bits per heavy atom. The molecule has 4 nitrogen and oxygen atoms in total. The van der Waals surface area contributed by atoms with Crippen LogP contribution in [0.1, 0.15) is 43.2 Å². The Hall–Kier alpha value is -0.790. The van der Waals surface area contributed by atoms with Crippen LogP contribution in [0.4, 0.5) is 5.82 Å². The molecule has 0 aromatic carbocycles. The van der Waals surface area contributed by atoms with Gasteiger partial charge in [0, 0.05) is 6.20 Å². The van der Waals surface area contributed by atoms with Crippen LogP contribution in [-0.2, 0) is 0 Å². The minimum Gasteiger partial charge on any atom is -0.383 e. The molecule has 0 aliphatic heterocycles. The number of hydrogen-bond acceptors (Lipinski definition) is 6. The van der Waals surface area contributed by atoms with Crippen molar-refractivity contribution in [2.24, 2.45) is 0 Å². The Balaban J connectivity index is 2.23. The molecule has 2 heterocycles. The summed E-state index contributed by atoms with van der Waals surface area (Å²) in [5.74, 6) is 0.958. The lowest BCUT2D eigenvalue weighted by Gasteiger charge is -2.13. The zero-order valence-corrected chi connectivity index (χ0v) is 16.2. The maximum Gasteiger partial charge on any atom is 0.191 e. The van der Waals surface area contributed by atoms with Gasteiger partial charge in [-0.05, 0) is 52.7 Å². The second-order valence-corrected chi connectivity index (χ2v) is 8.04. The van der Waals surface area contributed by atoms with E-state index in [1.54, 1.807) is 23.5 Å². The number of aromatic nitrogens is 3. The molecule has 22 heavy (non-hydrogen) atoms. The molecule has 1 unspecified atom stereocenters. The third-order valence-corrected chi connectivity index (χ3v) is 5.90. The fourth-order valence-electron chi connectivity index (χ4n) is 1.88. The third-order valence-electron chi connectivity index (χ3n) is 3.19. The number of nitrogens with two attached hydrogens (primary N) is 1. The van der Waals surface area contributed by atoms with Gasteiger partial charge in [-0.3, -0.25) is 4.98 Å². The van der Waals surface area contributed by atoms with Gasteiger partial charge in [0.15, 0.2) is 5.16 Å². The van der Waals surface area contributed by atoms with E-state index < -0.39 is 0 Å². The van der Waals surface area contributed by atoms with E-state index in [2.05, 4.69) is 63.8 Å². The molecule has 0 aliphatic carbocycles. The molecule has 0 fully saturated rings. The lowest BCUT2D eigenvalue weighted by atomic mass is 10.0. The molecule has 2 rings (SSSR count). The minimum atomic E-state index is 0.161. The lowest BCUT2D eigenvalue weighted by molar-refractivity contribution is 0.848. The first-order valence-corrected chi connectivity index (χ1v) is 9.81. The summed E-state index contributed by atoms with van der Waals surface area (Å²) in [5, 5.41) is 1.69. The first-order valence-electron chi connectivity index (χ1n) is 6.91. The van der Waals surface area contributed by atoms with E-state index in [9.17, 15) is 0 Å². The molecule has 0 radical (unpaired) electrons. The molecular weight excluding hydrogens is 380 g/mol. The summed E-state index contributed by atoms with van der Waals surface area (Å²) >= 11 is 6.54. The number of halogens is 1. The summed E-state index contributed by atoms with van der Waals surface area (Å²) in [6, 6.07) is 4.21. The minimum absolute atomic E-state index is 0.161. The summed E-state index contributed by atoms with van der Waals surface area (Å²) in [4.78, 5) is 13.4. The molecule has 0 saturated carbocycles. The standard InChI is InChI=1S/C15H19BrN4S2/c1-8(2)10-5-6-18-11(7-10)9(3)22-15-19-13(17)12(16)14(20-15)21-4/h5-9H,1-4H3,(H2,17,19,20). The van der Waals surface area contributed by atoms with Crippen LogP contribution < -0.4 is 5.73 Å². The molecule has 0 aliphatic rings. The molecule has 0 spiro atoms. The van der Waals surface area contributed by atoms with E-state index in [1.165, 1.54) is 5.56 Å². The Kier molecular flexibility index (Phi) is 6.11. The van der Waals surface area contributed by atoms with Gasteiger partial charge in [-0.25, -0.2) is 9.97 Å². The first-order chi connectivity index (χ1) is 10.4. The van der Waals surface area contributed by atoms with E-state index in [-0.39, 0.29) is 5.25 Å². The fourth-order valence-corrected chi connectivity index (χ4v) is 3.92. The van der Waals surface area contributed by atoms with E-state index in [0.717, 1.165) is 15.2 Å². The molecule has 2 aromatic rings. The number of rotatable bonds is 5. The van der Waals surface area contributed by atoms with Gasteiger partial charge in [-0.1, -0.05) is 25.6 Å². The predicted octanol–water partition coefficient (Wildman–Crippen LogP) is 4.91. The average Bonchev–Trinajstić information content (AvgIpc) is 2.50. The number of nitrogen functional groups attached to an aromatic ring is 1. The second kappa shape index (κ2) is 7.66. The highest BCUT2D eigenvalue weighted by atomic mass is 79.9. The maximum absolute atomic E-state index is 5.93. The Labute approximate surface area is 148 Å². The largest absolute Gasteiger partial charge is 0.383 e. The van der Waals surface area contributed by atoms with Gasteiger partial charge in [-0.15, -0.1) is 11.8 Å². The number of pyridine rings is 1. The summed E-state index contributed by atoms with van der Waals surface area (Å²) in [5.41, 5.74) is 8.26. The van der Waals surface area contributed by atoms with Gasteiger partial charge in [0.1, 0.15) is 10.8 Å². The maximum atomic E-state index is 5.93. The Morgan fingerprint density at radius 2 is 1.95 bits per heavy atom. The highest BCUT2D eigenvalue weighted by molar-refractivity contribution is 9.10. The van der Waals surface area contributed by atoms with Crippen molar-refractivity contribution in [2.45, 2.75) is 42.1 Å². The molecule has 2 N–H and O–H groups in total. The van der Waals surface area contributed by atoms with Crippen molar-refractivity contribution < 1.29 is 0 Å². The van der Waals surface area contributed by atoms with Crippen molar-refractivity contribution in [3.63, 3.8) is 0 Å². The van der Waals surface area contributed by atoms with Gasteiger partial charge in [0.05, 0.1) is 15.4 Å². The molecule has 0 saturated heterocycles. The Morgan fingerprint density at radius 3 is 2.59 bits per heavy atom. The number of thioether (sulfide) groups is 2. The van der Waals surface area contributed by atoms with Gasteiger partial charge < -0.3 is 5.73 Å². The smallest absolute Gasteiger partial charge is 0.191 e. The molecule has 118 valence electrons. The van der Waals surface area contributed by atoms with Crippen LogP contribution in [0.3, 0.4) is 0 Å². The van der Waals surface area contributed by atoms with Gasteiger partial charge in [0.2, 0.25) is 0 Å². The second-order valence-electron chi connectivity index (χ2n) is 5.14. The molecule has 0 bridgehead atoms. The number of hydrogen-bond donors (Lipinski definition) is 1. The SMILES string of the molecule is CSc1nc(SC(C)c2cc(C(C)C)ccn2)nc(N)c1Br. The van der Waals surface area contributed by atoms with Crippen LogP contribution in [0.15, 0.2) is 33.0 Å². The van der Waals surface area contributed by atoms with Gasteiger partial charge >= 0.3 is 0 Å². The zero-order chi connectivity index (χ0) is 16.3. The zero-order valence-electron chi connectivity index (χ0n) is 13.0. The van der Waals surface area contributed by atoms with Crippen molar-refractivity contribution in [2.75, 3.05) is 12.0 Å². The average molecular weight is 399 g/mol. The van der Waals surface area contributed by atoms with Crippen molar-refractivity contribution in [1.82, 2.24) is 15.0 Å². The number of nitrogens with zero attached hydrogens (tertiary/aromatic N) is 3. The summed E-state index contributed by atoms with van der Waals surface area (Å²) in [6.07, 6.45) is 3.84. The van der Waals surface area contributed by atoms with E-state index in [1.807, 2.05) is 12.5 Å². The molecule has 7 heteroatoms. The van der Waals surface area contributed by atoms with Crippen LogP contribution in [0.2, 0.25) is 0 Å². The normalized spacial score (nSPS) is 12.6. The molecule has 1 atom stereocenters. The van der Waals surface area contributed by atoms with Crippen LogP contribution in [0, 0.1) is 0 Å². The molecule has 0 amide bonds. The quantitative estimate of drug-likeness (QED) is 0.438. The molecule has 2 aromatic heterocycles. The van der Waals surface area contributed by atoms with Crippen LogP contribution in [0.5, 0.6) is 0 Å². The number of anilines is 1. The van der Waals surface area contributed by atoms with Crippen LogP contribution in [-0.4, -0.2) is 21.2 Å². The monoisotopic (exact) mass is 398 g/mol. The Bertz CT molecular complexity index is 664. The summed E-state index contributed by atoms with van der Waals surface area (Å²) < 4.78 is 0.761. The summed E-state index contributed by atoms with van der Waals surface area (Å²) in [6.45, 7) is 6.47. The highest BCUT2D eigenvalue weighted by Crippen LogP contribution is 2.36. The molecular formula is C15H19BrN4S2. The predicted molar refractivity (Wildman–Crippen MR) is 98.5 cm³/mol. The highest BCUT2D eigenvalue weighted by Gasteiger charge is 2.15. The summed E-state index contributed by atoms with van der Waals surface area (Å²) in [7, 11) is 0. The van der Waals surface area contributed by atoms with Crippen molar-refractivity contribution in [3.8, 4) is 0 Å². The van der Waals surface area contributed by atoms with Crippen molar-refractivity contribution in [1.29, 1.82) is 0 Å². The third kappa shape index (κ3) is 4.14. The fraction of sp³-hybridized carbons (Fsp3) is 0.400. The van der Waals surface area contributed by atoms with Gasteiger partial charge in [-0.2, -0.15) is 0 Å². The first kappa shape index (κ1) is 17.6. The van der Waals surface area contributed by atoms with E-state index >= 15 is 0 Å². The van der Waals surface area contributed by atoms with Crippen LogP contribution >= 0.6 is 39.5 Å².